The molecule has 6 nitrogen and oxygen atoms in total. The van der Waals surface area contributed by atoms with E-state index in [4.69, 9.17) is 26.6 Å². The molecule has 2 fully saturated rings. The zero-order chi connectivity index (χ0) is 21.9. The molecule has 0 bridgehead atoms. The Morgan fingerprint density at radius 3 is 1.31 bits per heavy atom. The van der Waals surface area contributed by atoms with Gasteiger partial charge in [-0.1, -0.05) is 39.5 Å². The van der Waals surface area contributed by atoms with Gasteiger partial charge < -0.3 is 26.6 Å². The predicted molar refractivity (Wildman–Crippen MR) is 121 cm³/mol. The quantitative estimate of drug-likeness (QED) is 0.399. The standard InChI is InChI=1S/C11H24O3Si.C10H22O3Si/c1-4-12-15(13-5-2,14-6-3)11-9-7-8-10-11;1-8-6-7-9(2)10(8)14(11-3,12-4)13-5/h11H,4-10H2,1-3H3;8-10H,6-7H2,1-5H3. The summed E-state index contributed by atoms with van der Waals surface area (Å²) in [4.78, 5) is 0. The molecule has 2 atom stereocenters. The maximum atomic E-state index is 5.89. The minimum atomic E-state index is -2.41. The molecule has 0 aromatic rings. The summed E-state index contributed by atoms with van der Waals surface area (Å²) in [7, 11) is 0.343. The van der Waals surface area contributed by atoms with E-state index in [1.165, 1.54) is 38.5 Å². The average Bonchev–Trinajstić information content (AvgIpc) is 3.37. The highest BCUT2D eigenvalue weighted by molar-refractivity contribution is 6.62. The van der Waals surface area contributed by atoms with Crippen molar-refractivity contribution in [2.45, 2.75) is 84.2 Å². The Balaban J connectivity index is 0.000000291. The highest BCUT2D eigenvalue weighted by Gasteiger charge is 2.54. The number of rotatable bonds is 11. The highest BCUT2D eigenvalue weighted by atomic mass is 28.4. The van der Waals surface area contributed by atoms with Crippen LogP contribution in [0.3, 0.4) is 0 Å². The Kier molecular flexibility index (Phi) is 12.7. The molecule has 0 spiro atoms. The Bertz CT molecular complexity index is 394. The number of hydrogen-bond donors (Lipinski definition) is 0. The van der Waals surface area contributed by atoms with Crippen LogP contribution in [-0.2, 0) is 26.6 Å². The molecule has 0 aromatic heterocycles. The monoisotopic (exact) mass is 450 g/mol. The lowest BCUT2D eigenvalue weighted by atomic mass is 10.1. The molecule has 0 saturated heterocycles. The van der Waals surface area contributed by atoms with Gasteiger partial charge in [0.25, 0.3) is 0 Å². The van der Waals surface area contributed by atoms with Crippen LogP contribution < -0.4 is 0 Å². The van der Waals surface area contributed by atoms with E-state index in [-0.39, 0.29) is 0 Å². The molecular weight excluding hydrogens is 404 g/mol. The zero-order valence-corrected chi connectivity index (χ0v) is 22.1. The first-order valence-electron chi connectivity index (χ1n) is 11.5. The minimum Gasteiger partial charge on any atom is -0.377 e. The van der Waals surface area contributed by atoms with Gasteiger partial charge >= 0.3 is 17.6 Å². The molecule has 0 amide bonds. The summed E-state index contributed by atoms with van der Waals surface area (Å²) in [5.74, 6) is 1.30. The summed E-state index contributed by atoms with van der Waals surface area (Å²) in [5, 5.41) is 0. The van der Waals surface area contributed by atoms with Crippen molar-refractivity contribution in [3.63, 3.8) is 0 Å². The third-order valence-electron chi connectivity index (χ3n) is 6.46. The molecule has 2 unspecified atom stereocenters. The first-order valence-corrected chi connectivity index (χ1v) is 15.1. The molecule has 2 saturated carbocycles. The van der Waals surface area contributed by atoms with Gasteiger partial charge in [-0.2, -0.15) is 0 Å². The van der Waals surface area contributed by atoms with Gasteiger partial charge in [0.1, 0.15) is 0 Å². The zero-order valence-electron chi connectivity index (χ0n) is 20.1. The largest absolute Gasteiger partial charge is 0.504 e. The lowest BCUT2D eigenvalue weighted by molar-refractivity contribution is 0.0612. The molecule has 0 radical (unpaired) electrons. The summed E-state index contributed by atoms with van der Waals surface area (Å²) >= 11 is 0. The second kappa shape index (κ2) is 13.6. The van der Waals surface area contributed by atoms with Gasteiger partial charge in [-0.15, -0.1) is 0 Å². The van der Waals surface area contributed by atoms with Crippen molar-refractivity contribution in [3.8, 4) is 0 Å². The van der Waals surface area contributed by atoms with Gasteiger partial charge in [-0.05, 0) is 45.4 Å². The third-order valence-corrected chi connectivity index (χ3v) is 13.8. The highest BCUT2D eigenvalue weighted by Crippen LogP contribution is 2.47. The van der Waals surface area contributed by atoms with Crippen molar-refractivity contribution in [2.75, 3.05) is 41.2 Å². The summed E-state index contributed by atoms with van der Waals surface area (Å²) in [6, 6.07) is 0. The summed E-state index contributed by atoms with van der Waals surface area (Å²) in [5.41, 5.74) is 1.000. The fourth-order valence-corrected chi connectivity index (χ4v) is 11.5. The van der Waals surface area contributed by atoms with E-state index < -0.39 is 17.6 Å². The second-order valence-electron chi connectivity index (χ2n) is 8.16. The van der Waals surface area contributed by atoms with Gasteiger partial charge in [0.2, 0.25) is 0 Å². The Hall–Kier alpha value is 0.194. The molecule has 2 rings (SSSR count). The van der Waals surface area contributed by atoms with E-state index in [2.05, 4.69) is 13.8 Å². The van der Waals surface area contributed by atoms with E-state index in [0.29, 0.717) is 42.7 Å². The molecule has 8 heteroatoms. The Morgan fingerprint density at radius 1 is 0.621 bits per heavy atom. The SMILES string of the molecule is CCO[Si](OCC)(OCC)C1CCCC1.CO[Si](OC)(OC)C1C(C)CCC1C. The van der Waals surface area contributed by atoms with Crippen LogP contribution in [0.4, 0.5) is 0 Å². The van der Waals surface area contributed by atoms with Crippen molar-refractivity contribution in [3.05, 3.63) is 0 Å². The molecule has 174 valence electrons. The van der Waals surface area contributed by atoms with Crippen LogP contribution in [-0.4, -0.2) is 58.8 Å². The van der Waals surface area contributed by atoms with Crippen LogP contribution in [0, 0.1) is 11.8 Å². The Labute approximate surface area is 181 Å². The summed E-state index contributed by atoms with van der Waals surface area (Å²) < 4.78 is 34.3. The van der Waals surface area contributed by atoms with Crippen LogP contribution >= 0.6 is 0 Å². The lowest BCUT2D eigenvalue weighted by Gasteiger charge is -2.34. The third kappa shape index (κ3) is 6.84. The topological polar surface area (TPSA) is 55.4 Å². The van der Waals surface area contributed by atoms with Gasteiger partial charge in [-0.3, -0.25) is 0 Å². The molecule has 0 aromatic carbocycles. The molecule has 29 heavy (non-hydrogen) atoms. The first kappa shape index (κ1) is 27.2. The van der Waals surface area contributed by atoms with Crippen LogP contribution in [0.25, 0.3) is 0 Å². The normalized spacial score (nSPS) is 25.9. The molecule has 0 heterocycles. The average molecular weight is 451 g/mol. The molecule has 2 aliphatic carbocycles. The van der Waals surface area contributed by atoms with E-state index in [0.717, 1.165) is 0 Å². The van der Waals surface area contributed by atoms with Gasteiger partial charge in [0, 0.05) is 52.2 Å². The van der Waals surface area contributed by atoms with E-state index in [1.807, 2.05) is 20.8 Å². The van der Waals surface area contributed by atoms with Gasteiger partial charge in [0.05, 0.1) is 0 Å². The van der Waals surface area contributed by atoms with Gasteiger partial charge in [0.15, 0.2) is 0 Å². The Morgan fingerprint density at radius 2 is 1.00 bits per heavy atom. The second-order valence-corrected chi connectivity index (χ2v) is 14.1. The fraction of sp³-hybridized carbons (Fsp3) is 1.00. The van der Waals surface area contributed by atoms with E-state index >= 15 is 0 Å². The van der Waals surface area contributed by atoms with Crippen molar-refractivity contribution < 1.29 is 26.6 Å². The van der Waals surface area contributed by atoms with Crippen LogP contribution in [0.1, 0.15) is 73.1 Å². The van der Waals surface area contributed by atoms with Crippen molar-refractivity contribution in [1.29, 1.82) is 0 Å². The summed E-state index contributed by atoms with van der Waals surface area (Å²) in [6.45, 7) is 12.7. The molecule has 0 N–H and O–H groups in total. The molecule has 0 aliphatic heterocycles. The maximum Gasteiger partial charge on any atom is 0.504 e. The predicted octanol–water partition coefficient (Wildman–Crippen LogP) is 5.28. The van der Waals surface area contributed by atoms with E-state index in [9.17, 15) is 0 Å². The van der Waals surface area contributed by atoms with Crippen molar-refractivity contribution in [1.82, 2.24) is 0 Å². The van der Waals surface area contributed by atoms with Crippen molar-refractivity contribution >= 4 is 17.6 Å². The maximum absolute atomic E-state index is 5.89. The lowest BCUT2D eigenvalue weighted by Crippen LogP contribution is -2.50. The smallest absolute Gasteiger partial charge is 0.377 e. The van der Waals surface area contributed by atoms with Crippen molar-refractivity contribution in [2.24, 2.45) is 11.8 Å². The molecular formula is C21H46O6Si2. The number of hydrogen-bond acceptors (Lipinski definition) is 6. The van der Waals surface area contributed by atoms with Crippen LogP contribution in [0.5, 0.6) is 0 Å². The van der Waals surface area contributed by atoms with Crippen LogP contribution in [0.15, 0.2) is 0 Å². The fourth-order valence-electron chi connectivity index (χ4n) is 5.16. The van der Waals surface area contributed by atoms with E-state index in [1.54, 1.807) is 21.3 Å². The first-order chi connectivity index (χ1) is 13.9. The van der Waals surface area contributed by atoms with Crippen LogP contribution in [0.2, 0.25) is 11.1 Å². The molecule has 2 aliphatic rings. The van der Waals surface area contributed by atoms with Gasteiger partial charge in [-0.25, -0.2) is 0 Å². The summed E-state index contributed by atoms with van der Waals surface area (Å²) in [6.07, 6.45) is 7.55. The minimum absolute atomic E-state index is 0.461.